The summed E-state index contributed by atoms with van der Waals surface area (Å²) in [5, 5.41) is 6.87. The summed E-state index contributed by atoms with van der Waals surface area (Å²) in [6, 6.07) is 8.86. The van der Waals surface area contributed by atoms with Crippen molar-refractivity contribution in [1.29, 1.82) is 0 Å². The predicted molar refractivity (Wildman–Crippen MR) is 98.0 cm³/mol. The fourth-order valence-corrected chi connectivity index (χ4v) is 2.27. The van der Waals surface area contributed by atoms with Crippen molar-refractivity contribution in [2.45, 2.75) is 58.8 Å². The summed E-state index contributed by atoms with van der Waals surface area (Å²) >= 11 is 0. The molecule has 1 aromatic rings. The Hall–Kier alpha value is -2.17. The molecule has 0 unspecified atom stereocenters. The molecule has 1 rings (SSSR count). The molecule has 0 aliphatic heterocycles. The van der Waals surface area contributed by atoms with Gasteiger partial charge in [0.05, 0.1) is 6.42 Å². The second-order valence-electron chi connectivity index (χ2n) is 5.95. The molecule has 0 saturated carbocycles. The maximum absolute atomic E-state index is 11.8. The Morgan fingerprint density at radius 2 is 1.67 bits per heavy atom. The van der Waals surface area contributed by atoms with Crippen molar-refractivity contribution in [2.24, 2.45) is 5.10 Å². The van der Waals surface area contributed by atoms with Crippen LogP contribution < -0.4 is 10.7 Å². The molecule has 0 radical (unpaired) electrons. The molecule has 0 aliphatic rings. The Morgan fingerprint density at radius 1 is 1.00 bits per heavy atom. The van der Waals surface area contributed by atoms with Crippen molar-refractivity contribution >= 4 is 17.5 Å². The van der Waals surface area contributed by atoms with Gasteiger partial charge in [-0.2, -0.15) is 5.10 Å². The normalized spacial score (nSPS) is 11.2. The van der Waals surface area contributed by atoms with Gasteiger partial charge in [-0.25, -0.2) is 5.43 Å². The van der Waals surface area contributed by atoms with Crippen LogP contribution in [-0.2, 0) is 4.79 Å². The van der Waals surface area contributed by atoms with Gasteiger partial charge in [0.1, 0.15) is 0 Å². The van der Waals surface area contributed by atoms with Crippen molar-refractivity contribution in [3.63, 3.8) is 0 Å². The fraction of sp³-hybridized carbons (Fsp3) is 0.526. The van der Waals surface area contributed by atoms with Crippen molar-refractivity contribution in [1.82, 2.24) is 10.7 Å². The Morgan fingerprint density at radius 3 is 2.38 bits per heavy atom. The zero-order valence-electron chi connectivity index (χ0n) is 14.8. The topological polar surface area (TPSA) is 70.6 Å². The van der Waals surface area contributed by atoms with Crippen LogP contribution in [0.4, 0.5) is 0 Å². The first-order valence-electron chi connectivity index (χ1n) is 8.78. The molecule has 0 saturated heterocycles. The second-order valence-corrected chi connectivity index (χ2v) is 5.95. The van der Waals surface area contributed by atoms with E-state index in [9.17, 15) is 9.59 Å². The standard InChI is InChI=1S/C19H29N3O2/c1-3-4-5-6-7-11-14-20-18(23)15-16(2)21-22-19(24)17-12-9-8-10-13-17/h8-10,12-13H,3-7,11,14-15H2,1-2H3,(H,20,23)(H,22,24)/b21-16+. The van der Waals surface area contributed by atoms with Gasteiger partial charge in [-0.3, -0.25) is 9.59 Å². The summed E-state index contributed by atoms with van der Waals surface area (Å²) in [5.41, 5.74) is 3.60. The molecule has 1 aromatic carbocycles. The second kappa shape index (κ2) is 12.3. The highest BCUT2D eigenvalue weighted by Crippen LogP contribution is 2.04. The molecule has 0 bridgehead atoms. The highest BCUT2D eigenvalue weighted by Gasteiger charge is 2.05. The van der Waals surface area contributed by atoms with Crippen LogP contribution in [0, 0.1) is 0 Å². The maximum atomic E-state index is 11.8. The molecule has 0 spiro atoms. The van der Waals surface area contributed by atoms with Crippen LogP contribution in [0.2, 0.25) is 0 Å². The molecule has 0 fully saturated rings. The molecular formula is C19H29N3O2. The minimum atomic E-state index is -0.276. The summed E-state index contributed by atoms with van der Waals surface area (Å²) < 4.78 is 0. The van der Waals surface area contributed by atoms with Gasteiger partial charge < -0.3 is 5.32 Å². The lowest BCUT2D eigenvalue weighted by atomic mass is 10.1. The maximum Gasteiger partial charge on any atom is 0.271 e. The molecular weight excluding hydrogens is 302 g/mol. The number of unbranched alkanes of at least 4 members (excludes halogenated alkanes) is 5. The van der Waals surface area contributed by atoms with Gasteiger partial charge in [0.2, 0.25) is 5.91 Å². The Bertz CT molecular complexity index is 527. The van der Waals surface area contributed by atoms with Crippen molar-refractivity contribution < 1.29 is 9.59 Å². The Kier molecular flexibility index (Phi) is 10.2. The van der Waals surface area contributed by atoms with Crippen LogP contribution in [0.25, 0.3) is 0 Å². The molecule has 0 aliphatic carbocycles. The fourth-order valence-electron chi connectivity index (χ4n) is 2.27. The van der Waals surface area contributed by atoms with Crippen LogP contribution in [-0.4, -0.2) is 24.1 Å². The van der Waals surface area contributed by atoms with Crippen LogP contribution in [0.3, 0.4) is 0 Å². The van der Waals surface area contributed by atoms with E-state index < -0.39 is 0 Å². The number of nitrogens with zero attached hydrogens (tertiary/aromatic N) is 1. The van der Waals surface area contributed by atoms with Gasteiger partial charge >= 0.3 is 0 Å². The molecule has 5 heteroatoms. The number of benzene rings is 1. The number of carbonyl (C=O) groups excluding carboxylic acids is 2. The van der Waals surface area contributed by atoms with E-state index in [1.807, 2.05) is 6.07 Å². The number of amides is 2. The van der Waals surface area contributed by atoms with Gasteiger partial charge in [-0.1, -0.05) is 57.2 Å². The largest absolute Gasteiger partial charge is 0.356 e. The Balaban J connectivity index is 2.18. The number of nitrogens with one attached hydrogen (secondary N) is 2. The quantitative estimate of drug-likeness (QED) is 0.369. The molecule has 0 heterocycles. The first-order chi connectivity index (χ1) is 11.6. The van der Waals surface area contributed by atoms with E-state index in [1.165, 1.54) is 25.7 Å². The van der Waals surface area contributed by atoms with Gasteiger partial charge in [0.25, 0.3) is 5.91 Å². The first kappa shape index (κ1) is 19.9. The number of hydrogen-bond donors (Lipinski definition) is 2. The molecule has 24 heavy (non-hydrogen) atoms. The van der Waals surface area contributed by atoms with E-state index in [0.29, 0.717) is 17.8 Å². The van der Waals surface area contributed by atoms with E-state index in [2.05, 4.69) is 22.8 Å². The summed E-state index contributed by atoms with van der Waals surface area (Å²) in [6.07, 6.45) is 7.40. The Labute approximate surface area is 144 Å². The molecule has 2 N–H and O–H groups in total. The monoisotopic (exact) mass is 331 g/mol. The van der Waals surface area contributed by atoms with Crippen molar-refractivity contribution in [3.8, 4) is 0 Å². The average molecular weight is 331 g/mol. The van der Waals surface area contributed by atoms with Crippen LogP contribution in [0.15, 0.2) is 35.4 Å². The number of hydrazone groups is 1. The molecule has 132 valence electrons. The highest BCUT2D eigenvalue weighted by atomic mass is 16.2. The SMILES string of the molecule is CCCCCCCCNC(=O)C/C(C)=N/NC(=O)c1ccccc1. The summed E-state index contributed by atoms with van der Waals surface area (Å²) in [7, 11) is 0. The van der Waals surface area contributed by atoms with Crippen LogP contribution >= 0.6 is 0 Å². The minimum Gasteiger partial charge on any atom is -0.356 e. The van der Waals surface area contributed by atoms with Crippen LogP contribution in [0.5, 0.6) is 0 Å². The highest BCUT2D eigenvalue weighted by molar-refractivity contribution is 6.01. The van der Waals surface area contributed by atoms with Crippen LogP contribution in [0.1, 0.15) is 69.2 Å². The molecule has 2 amide bonds. The van der Waals surface area contributed by atoms with Gasteiger partial charge in [-0.15, -0.1) is 0 Å². The van der Waals surface area contributed by atoms with E-state index in [0.717, 1.165) is 12.8 Å². The predicted octanol–water partition coefficient (Wildman–Crippen LogP) is 3.66. The summed E-state index contributed by atoms with van der Waals surface area (Å²) in [4.78, 5) is 23.6. The van der Waals surface area contributed by atoms with E-state index in [4.69, 9.17) is 0 Å². The zero-order valence-corrected chi connectivity index (χ0v) is 14.8. The van der Waals surface area contributed by atoms with Gasteiger partial charge in [0.15, 0.2) is 0 Å². The molecule has 5 nitrogen and oxygen atoms in total. The lowest BCUT2D eigenvalue weighted by Gasteiger charge is -2.06. The smallest absolute Gasteiger partial charge is 0.271 e. The average Bonchev–Trinajstić information content (AvgIpc) is 2.59. The minimum absolute atomic E-state index is 0.0567. The van der Waals surface area contributed by atoms with E-state index >= 15 is 0 Å². The molecule has 0 atom stereocenters. The van der Waals surface area contributed by atoms with Crippen molar-refractivity contribution in [2.75, 3.05) is 6.54 Å². The van der Waals surface area contributed by atoms with Crippen molar-refractivity contribution in [3.05, 3.63) is 35.9 Å². The summed E-state index contributed by atoms with van der Waals surface area (Å²) in [6.45, 7) is 4.64. The van der Waals surface area contributed by atoms with Gasteiger partial charge in [-0.05, 0) is 25.5 Å². The lowest BCUT2D eigenvalue weighted by Crippen LogP contribution is -2.27. The number of carbonyl (C=O) groups is 2. The summed E-state index contributed by atoms with van der Waals surface area (Å²) in [5.74, 6) is -0.332. The van der Waals surface area contributed by atoms with E-state index in [1.54, 1.807) is 31.2 Å². The van der Waals surface area contributed by atoms with Gasteiger partial charge in [0, 0.05) is 17.8 Å². The number of rotatable bonds is 11. The van der Waals surface area contributed by atoms with E-state index in [-0.39, 0.29) is 18.2 Å². The first-order valence-corrected chi connectivity index (χ1v) is 8.78. The lowest BCUT2D eigenvalue weighted by molar-refractivity contribution is -0.119. The third kappa shape index (κ3) is 9.08. The zero-order chi connectivity index (χ0) is 17.6. The number of hydrogen-bond acceptors (Lipinski definition) is 3. The molecule has 0 aromatic heterocycles. The third-order valence-electron chi connectivity index (χ3n) is 3.65. The third-order valence-corrected chi connectivity index (χ3v) is 3.65.